The molecule has 2 aromatic rings. The molecule has 1 fully saturated rings. The number of anilines is 2. The van der Waals surface area contributed by atoms with E-state index in [1.54, 1.807) is 24.3 Å². The molecule has 0 spiro atoms. The summed E-state index contributed by atoms with van der Waals surface area (Å²) >= 11 is 5.86. The molecule has 1 heterocycles. The number of halogens is 1. The van der Waals surface area contributed by atoms with Gasteiger partial charge in [-0.05, 0) is 55.3 Å². The highest BCUT2D eigenvalue weighted by molar-refractivity contribution is 6.30. The van der Waals surface area contributed by atoms with Crippen LogP contribution in [0.15, 0.2) is 42.5 Å². The van der Waals surface area contributed by atoms with Crippen LogP contribution in [0.3, 0.4) is 0 Å². The predicted molar refractivity (Wildman–Crippen MR) is 91.9 cm³/mol. The zero-order valence-corrected chi connectivity index (χ0v) is 13.7. The van der Waals surface area contributed by atoms with E-state index in [-0.39, 0.29) is 18.2 Å². The number of carbonyl (C=O) groups is 2. The Morgan fingerprint density at radius 3 is 2.48 bits per heavy atom. The number of rotatable bonds is 3. The van der Waals surface area contributed by atoms with Gasteiger partial charge in [0.2, 0.25) is 5.91 Å². The van der Waals surface area contributed by atoms with Crippen LogP contribution in [0, 0.1) is 13.8 Å². The average molecular weight is 329 g/mol. The number of hydrogen-bond donors (Lipinski definition) is 1. The van der Waals surface area contributed by atoms with Gasteiger partial charge in [-0.2, -0.15) is 0 Å². The monoisotopic (exact) mass is 328 g/mol. The lowest BCUT2D eigenvalue weighted by Crippen LogP contribution is -2.35. The van der Waals surface area contributed by atoms with Crippen molar-refractivity contribution in [3.63, 3.8) is 0 Å². The molecule has 0 saturated carbocycles. The van der Waals surface area contributed by atoms with E-state index in [0.29, 0.717) is 10.7 Å². The maximum absolute atomic E-state index is 12.7. The number of amides is 2. The van der Waals surface area contributed by atoms with Gasteiger partial charge in [0.15, 0.2) is 0 Å². The van der Waals surface area contributed by atoms with E-state index in [1.165, 1.54) is 4.90 Å². The molecule has 5 heteroatoms. The van der Waals surface area contributed by atoms with Crippen LogP contribution in [0.2, 0.25) is 5.02 Å². The molecule has 0 aromatic heterocycles. The standard InChI is InChI=1S/C18H17ClN2O2/c1-11-4-3-5-16(12(11)2)21-17(22)10-15(18(21)23)20-14-8-6-13(19)7-9-14/h3-9,15,20H,10H2,1-2H3/t15-/m1/s1. The minimum atomic E-state index is -0.552. The lowest BCUT2D eigenvalue weighted by atomic mass is 10.1. The summed E-state index contributed by atoms with van der Waals surface area (Å²) in [6.07, 6.45) is 0.148. The number of carbonyl (C=O) groups excluding carboxylic acids is 2. The summed E-state index contributed by atoms with van der Waals surface area (Å²) in [6.45, 7) is 3.89. The Morgan fingerprint density at radius 1 is 1.09 bits per heavy atom. The molecule has 2 aromatic carbocycles. The third kappa shape index (κ3) is 2.94. The highest BCUT2D eigenvalue weighted by Gasteiger charge is 2.40. The van der Waals surface area contributed by atoms with Gasteiger partial charge in [0.05, 0.1) is 12.1 Å². The molecule has 0 bridgehead atoms. The van der Waals surface area contributed by atoms with Gasteiger partial charge < -0.3 is 5.32 Å². The molecular formula is C18H17ClN2O2. The van der Waals surface area contributed by atoms with Gasteiger partial charge in [0.1, 0.15) is 6.04 Å². The third-order valence-corrected chi connectivity index (χ3v) is 4.40. The van der Waals surface area contributed by atoms with Crippen molar-refractivity contribution >= 4 is 34.8 Å². The van der Waals surface area contributed by atoms with Gasteiger partial charge in [-0.15, -0.1) is 0 Å². The van der Waals surface area contributed by atoms with Crippen molar-refractivity contribution < 1.29 is 9.59 Å². The normalized spacial score (nSPS) is 17.7. The Kier molecular flexibility index (Phi) is 4.09. The van der Waals surface area contributed by atoms with Crippen molar-refractivity contribution in [1.82, 2.24) is 0 Å². The molecule has 23 heavy (non-hydrogen) atoms. The lowest BCUT2D eigenvalue weighted by Gasteiger charge is -2.19. The van der Waals surface area contributed by atoms with Crippen molar-refractivity contribution in [2.24, 2.45) is 0 Å². The summed E-state index contributed by atoms with van der Waals surface area (Å²) in [4.78, 5) is 26.3. The summed E-state index contributed by atoms with van der Waals surface area (Å²) in [7, 11) is 0. The largest absolute Gasteiger partial charge is 0.373 e. The Labute approximate surface area is 140 Å². The summed E-state index contributed by atoms with van der Waals surface area (Å²) in [5.74, 6) is -0.409. The van der Waals surface area contributed by atoms with Gasteiger partial charge in [-0.3, -0.25) is 9.59 Å². The van der Waals surface area contributed by atoms with Crippen molar-refractivity contribution in [3.05, 3.63) is 58.6 Å². The van der Waals surface area contributed by atoms with Crippen LogP contribution in [-0.4, -0.2) is 17.9 Å². The molecule has 3 rings (SSSR count). The van der Waals surface area contributed by atoms with Crippen molar-refractivity contribution in [2.75, 3.05) is 10.2 Å². The van der Waals surface area contributed by atoms with E-state index >= 15 is 0 Å². The molecule has 1 aliphatic heterocycles. The first-order valence-corrected chi connectivity index (χ1v) is 7.80. The maximum Gasteiger partial charge on any atom is 0.256 e. The number of nitrogens with one attached hydrogen (secondary N) is 1. The molecule has 2 amide bonds. The maximum atomic E-state index is 12.7. The number of hydrogen-bond acceptors (Lipinski definition) is 3. The summed E-state index contributed by atoms with van der Waals surface area (Å²) in [6, 6.07) is 12.2. The van der Waals surface area contributed by atoms with Crippen molar-refractivity contribution in [1.29, 1.82) is 0 Å². The molecule has 118 valence electrons. The number of nitrogens with zero attached hydrogens (tertiary/aromatic N) is 1. The number of aryl methyl sites for hydroxylation is 1. The van der Waals surface area contributed by atoms with Crippen molar-refractivity contribution in [2.45, 2.75) is 26.3 Å². The fraction of sp³-hybridized carbons (Fsp3) is 0.222. The second-order valence-corrected chi connectivity index (χ2v) is 6.13. The van der Waals surface area contributed by atoms with Crippen LogP contribution in [0.1, 0.15) is 17.5 Å². The number of imide groups is 1. The van der Waals surface area contributed by atoms with Gasteiger partial charge in [0, 0.05) is 10.7 Å². The molecular weight excluding hydrogens is 312 g/mol. The fourth-order valence-electron chi connectivity index (χ4n) is 2.72. The molecule has 4 nitrogen and oxygen atoms in total. The van der Waals surface area contributed by atoms with Gasteiger partial charge in [0.25, 0.3) is 5.91 Å². The minimum Gasteiger partial charge on any atom is -0.373 e. The first-order valence-electron chi connectivity index (χ1n) is 7.42. The quantitative estimate of drug-likeness (QED) is 0.874. The lowest BCUT2D eigenvalue weighted by molar-refractivity contribution is -0.121. The molecule has 0 unspecified atom stereocenters. The highest BCUT2D eigenvalue weighted by atomic mass is 35.5. The van der Waals surface area contributed by atoms with Crippen LogP contribution < -0.4 is 10.2 Å². The van der Waals surface area contributed by atoms with E-state index in [9.17, 15) is 9.59 Å². The Hall–Kier alpha value is -2.33. The molecule has 1 saturated heterocycles. The van der Waals surface area contributed by atoms with Crippen LogP contribution in [0.5, 0.6) is 0 Å². The van der Waals surface area contributed by atoms with E-state index in [4.69, 9.17) is 11.6 Å². The second kappa shape index (κ2) is 6.05. The van der Waals surface area contributed by atoms with Crippen molar-refractivity contribution in [3.8, 4) is 0 Å². The zero-order valence-electron chi connectivity index (χ0n) is 13.0. The van der Waals surface area contributed by atoms with E-state index in [1.807, 2.05) is 32.0 Å². The molecule has 1 atom stereocenters. The molecule has 1 N–H and O–H groups in total. The van der Waals surface area contributed by atoms with E-state index in [2.05, 4.69) is 5.32 Å². The van der Waals surface area contributed by atoms with Gasteiger partial charge in [-0.25, -0.2) is 4.90 Å². The van der Waals surface area contributed by atoms with E-state index in [0.717, 1.165) is 16.8 Å². The summed E-state index contributed by atoms with van der Waals surface area (Å²) in [5.41, 5.74) is 3.43. The first kappa shape index (κ1) is 15.6. The molecule has 0 aliphatic carbocycles. The number of benzene rings is 2. The third-order valence-electron chi connectivity index (χ3n) is 4.15. The highest BCUT2D eigenvalue weighted by Crippen LogP contribution is 2.29. The minimum absolute atomic E-state index is 0.148. The smallest absolute Gasteiger partial charge is 0.256 e. The van der Waals surface area contributed by atoms with Gasteiger partial charge >= 0.3 is 0 Å². The Bertz CT molecular complexity index is 771. The average Bonchev–Trinajstić information content (AvgIpc) is 2.79. The van der Waals surface area contributed by atoms with Crippen LogP contribution in [0.4, 0.5) is 11.4 Å². The van der Waals surface area contributed by atoms with Crippen LogP contribution in [0.25, 0.3) is 0 Å². The zero-order chi connectivity index (χ0) is 16.6. The SMILES string of the molecule is Cc1cccc(N2C(=O)C[C@@H](Nc3ccc(Cl)cc3)C2=O)c1C. The van der Waals surface area contributed by atoms with Crippen LogP contribution in [-0.2, 0) is 9.59 Å². The molecule has 0 radical (unpaired) electrons. The predicted octanol–water partition coefficient (Wildman–Crippen LogP) is 3.70. The van der Waals surface area contributed by atoms with E-state index < -0.39 is 6.04 Å². The topological polar surface area (TPSA) is 49.4 Å². The Morgan fingerprint density at radius 2 is 1.78 bits per heavy atom. The van der Waals surface area contributed by atoms with Crippen LogP contribution >= 0.6 is 11.6 Å². The summed E-state index contributed by atoms with van der Waals surface area (Å²) in [5, 5.41) is 3.74. The molecule has 1 aliphatic rings. The Balaban J connectivity index is 1.85. The second-order valence-electron chi connectivity index (χ2n) is 5.69. The first-order chi connectivity index (χ1) is 11.0. The fourth-order valence-corrected chi connectivity index (χ4v) is 2.85. The summed E-state index contributed by atoms with van der Waals surface area (Å²) < 4.78 is 0. The van der Waals surface area contributed by atoms with Gasteiger partial charge in [-0.1, -0.05) is 23.7 Å².